The van der Waals surface area contributed by atoms with Gasteiger partial charge in [0.15, 0.2) is 0 Å². The Kier molecular flexibility index (Phi) is 17.3. The second-order valence-electron chi connectivity index (χ2n) is 14.6. The van der Waals surface area contributed by atoms with Crippen molar-refractivity contribution in [2.24, 2.45) is 0 Å². The van der Waals surface area contributed by atoms with Gasteiger partial charge in [-0.1, -0.05) is 85.5 Å². The first-order valence-electron chi connectivity index (χ1n) is 19.5. The highest BCUT2D eigenvalue weighted by Crippen LogP contribution is 2.50. The van der Waals surface area contributed by atoms with Crippen molar-refractivity contribution in [3.05, 3.63) is 108 Å². The van der Waals surface area contributed by atoms with Crippen LogP contribution in [-0.2, 0) is 44.9 Å². The molecule has 2 aromatic carbocycles. The van der Waals surface area contributed by atoms with Crippen LogP contribution in [0.4, 0.5) is 0 Å². The number of allylic oxidation sites excluding steroid dienone is 3. The Bertz CT molecular complexity index is 1770. The molecule has 1 aliphatic carbocycles. The standard InChI is InChI=1S/C41H53B2N5O6P2S/c1-6-31-19-20-34(31)41(32-15-9-7-10-16-32,33-17-11-8-12-18-33)46-35-25-39(42)54-38(35)28-52-56(57,51-24-14-22-45)47-36-26-40(43)53-37(36)27-50-55(49-23-13-21-44)48(29(2)3)30(4)5/h6-12,15-20,29-30,35-40,46H,1,13-14,23-28H2,2-5H3,(H,47,57)/t35-,36-,37?,38?,39-,40-,55?,56?/m1/s1. The number of benzene rings is 2. The number of hydrogen-bond acceptors (Lipinski definition) is 11. The van der Waals surface area contributed by atoms with Crippen LogP contribution in [-0.4, -0.2) is 95.2 Å². The van der Waals surface area contributed by atoms with Crippen molar-refractivity contribution >= 4 is 42.7 Å². The topological polar surface area (TPSA) is 130 Å². The maximum atomic E-state index is 9.36. The summed E-state index contributed by atoms with van der Waals surface area (Å²) in [5, 5.41) is 25.9. The van der Waals surface area contributed by atoms with Gasteiger partial charge in [0, 0.05) is 36.2 Å². The van der Waals surface area contributed by atoms with Crippen molar-refractivity contribution in [2.45, 2.75) is 107 Å². The van der Waals surface area contributed by atoms with Crippen molar-refractivity contribution in [1.29, 1.82) is 10.5 Å². The summed E-state index contributed by atoms with van der Waals surface area (Å²) in [7, 11) is 11.3. The van der Waals surface area contributed by atoms with Gasteiger partial charge in [0.2, 0.25) is 0 Å². The Hall–Kier alpha value is -2.51. The summed E-state index contributed by atoms with van der Waals surface area (Å²) in [5.74, 6) is 0. The zero-order chi connectivity index (χ0) is 41.0. The van der Waals surface area contributed by atoms with Gasteiger partial charge in [0.05, 0.1) is 69.2 Å². The predicted octanol–water partition coefficient (Wildman–Crippen LogP) is 6.93. The molecule has 4 unspecified atom stereocenters. The highest BCUT2D eigenvalue weighted by molar-refractivity contribution is 8.09. The van der Waals surface area contributed by atoms with Gasteiger partial charge >= 0.3 is 0 Å². The molecule has 5 rings (SSSR count). The number of nitrogens with one attached hydrogen (secondary N) is 2. The van der Waals surface area contributed by atoms with Gasteiger partial charge in [0.25, 0.3) is 15.2 Å². The van der Waals surface area contributed by atoms with E-state index >= 15 is 0 Å². The first-order chi connectivity index (χ1) is 27.4. The van der Waals surface area contributed by atoms with E-state index < -0.39 is 51.0 Å². The normalized spacial score (nSPS) is 25.0. The maximum absolute atomic E-state index is 9.36. The fourth-order valence-corrected chi connectivity index (χ4v) is 11.5. The van der Waals surface area contributed by atoms with Crippen LogP contribution in [0, 0.1) is 22.7 Å². The van der Waals surface area contributed by atoms with E-state index in [1.165, 1.54) is 0 Å². The third-order valence-electron chi connectivity index (χ3n) is 9.97. The zero-order valence-corrected chi connectivity index (χ0v) is 35.8. The lowest BCUT2D eigenvalue weighted by Gasteiger charge is -2.44. The van der Waals surface area contributed by atoms with Crippen LogP contribution in [0.15, 0.2) is 96.6 Å². The molecule has 3 aliphatic rings. The lowest BCUT2D eigenvalue weighted by atomic mass is 9.70. The van der Waals surface area contributed by atoms with Crippen molar-refractivity contribution in [1.82, 2.24) is 15.1 Å². The fourth-order valence-electron chi connectivity index (χ4n) is 7.46. The molecule has 0 bridgehead atoms. The predicted molar refractivity (Wildman–Crippen MR) is 230 cm³/mol. The van der Waals surface area contributed by atoms with Gasteiger partial charge in [0.1, 0.15) is 15.7 Å². The van der Waals surface area contributed by atoms with E-state index in [9.17, 15) is 5.26 Å². The number of nitriles is 2. The van der Waals surface area contributed by atoms with Gasteiger partial charge < -0.3 is 27.6 Å². The van der Waals surface area contributed by atoms with Crippen LogP contribution in [0.2, 0.25) is 0 Å². The molecule has 2 heterocycles. The SMILES string of the molecule is [B][C@H]1C[C@@H](NC(C2=CC=C2C=C)(c2ccccc2)c2ccccc2)C(COP(=S)(N[C@@H]2C[C@H]([B])OC2COP(OCCC#N)N(C(C)C)C(C)C)OCCC#N)O1. The molecular weight excluding hydrogens is 774 g/mol. The van der Waals surface area contributed by atoms with E-state index in [0.29, 0.717) is 12.8 Å². The summed E-state index contributed by atoms with van der Waals surface area (Å²) < 4.78 is 39.9. The third-order valence-corrected chi connectivity index (χ3v) is 14.7. The van der Waals surface area contributed by atoms with Gasteiger partial charge in [-0.15, -0.1) is 0 Å². The Morgan fingerprint density at radius 3 is 1.96 bits per heavy atom. The van der Waals surface area contributed by atoms with Gasteiger partial charge in [-0.3, -0.25) is 5.32 Å². The number of nitrogens with zero attached hydrogens (tertiary/aromatic N) is 3. The van der Waals surface area contributed by atoms with E-state index in [0.717, 1.165) is 22.3 Å². The summed E-state index contributed by atoms with van der Waals surface area (Å²) in [4.78, 5) is 0. The molecule has 2 saturated heterocycles. The molecule has 16 heteroatoms. The summed E-state index contributed by atoms with van der Waals surface area (Å²) in [5.41, 5.74) is 3.46. The molecule has 0 saturated carbocycles. The Morgan fingerprint density at radius 1 is 0.877 bits per heavy atom. The second-order valence-corrected chi connectivity index (χ2v) is 19.3. The largest absolute Gasteiger partial charge is 0.381 e. The van der Waals surface area contributed by atoms with E-state index in [1.807, 2.05) is 42.5 Å². The van der Waals surface area contributed by atoms with E-state index in [-0.39, 0.29) is 57.4 Å². The number of rotatable bonds is 23. The average molecular weight is 828 g/mol. The maximum Gasteiger partial charge on any atom is 0.261 e. The molecule has 4 radical (unpaired) electrons. The van der Waals surface area contributed by atoms with Crippen molar-refractivity contribution in [3.63, 3.8) is 0 Å². The van der Waals surface area contributed by atoms with Crippen molar-refractivity contribution in [3.8, 4) is 12.1 Å². The quantitative estimate of drug-likeness (QED) is 0.0685. The Morgan fingerprint density at radius 2 is 1.44 bits per heavy atom. The lowest BCUT2D eigenvalue weighted by Crippen LogP contribution is -2.54. The molecule has 2 fully saturated rings. The van der Waals surface area contributed by atoms with Gasteiger partial charge in [-0.05, 0) is 74.6 Å². The number of hydrogen-bond donors (Lipinski definition) is 2. The molecule has 57 heavy (non-hydrogen) atoms. The summed E-state index contributed by atoms with van der Waals surface area (Å²) in [6, 6.07) is 23.3. The minimum Gasteiger partial charge on any atom is -0.381 e. The average Bonchev–Trinajstić information content (AvgIpc) is 3.71. The van der Waals surface area contributed by atoms with E-state index in [4.69, 9.17) is 60.3 Å². The molecule has 2 aliphatic heterocycles. The highest BCUT2D eigenvalue weighted by Gasteiger charge is 2.46. The second kappa shape index (κ2) is 21.7. The molecule has 2 N–H and O–H groups in total. The molecule has 300 valence electrons. The van der Waals surface area contributed by atoms with E-state index in [1.54, 1.807) is 0 Å². The van der Waals surface area contributed by atoms with Crippen LogP contribution in [0.3, 0.4) is 0 Å². The van der Waals surface area contributed by atoms with Crippen molar-refractivity contribution in [2.75, 3.05) is 26.4 Å². The van der Waals surface area contributed by atoms with Crippen LogP contribution in [0.1, 0.15) is 64.5 Å². The fraction of sp³-hybridized carbons (Fsp3) is 0.512. The first-order valence-corrected chi connectivity index (χ1v) is 23.2. The lowest BCUT2D eigenvalue weighted by molar-refractivity contribution is 0.0305. The molecular formula is C41H53B2N5O6P2S. The molecule has 11 nitrogen and oxygen atoms in total. The monoisotopic (exact) mass is 827 g/mol. The first kappa shape index (κ1) is 45.6. The van der Waals surface area contributed by atoms with Crippen LogP contribution in [0.25, 0.3) is 0 Å². The molecule has 0 amide bonds. The Labute approximate surface area is 348 Å². The van der Waals surface area contributed by atoms with Gasteiger partial charge in [-0.2, -0.15) is 10.5 Å². The zero-order valence-electron chi connectivity index (χ0n) is 33.2. The minimum atomic E-state index is -3.29. The molecule has 0 spiro atoms. The van der Waals surface area contributed by atoms with Gasteiger partial charge in [-0.25, -0.2) is 9.76 Å². The van der Waals surface area contributed by atoms with E-state index in [2.05, 4.69) is 97.9 Å². The summed E-state index contributed by atoms with van der Waals surface area (Å²) >= 11 is 6.14. The van der Waals surface area contributed by atoms with Crippen LogP contribution in [0.5, 0.6) is 0 Å². The summed E-state index contributed by atoms with van der Waals surface area (Å²) in [6.07, 6.45) is 6.34. The highest BCUT2D eigenvalue weighted by atomic mass is 32.5. The smallest absolute Gasteiger partial charge is 0.261 e. The molecule has 8 atom stereocenters. The summed E-state index contributed by atoms with van der Waals surface area (Å²) in [6.45, 7) is 9.64. The minimum absolute atomic E-state index is 0.0572. The molecule has 2 aromatic rings. The van der Waals surface area contributed by atoms with Crippen LogP contribution < -0.4 is 10.4 Å². The number of ether oxygens (including phenoxy) is 2. The van der Waals surface area contributed by atoms with Crippen molar-refractivity contribution < 1.29 is 27.6 Å². The third kappa shape index (κ3) is 11.6. The Balaban J connectivity index is 1.36. The molecule has 0 aromatic heterocycles. The van der Waals surface area contributed by atoms with Crippen LogP contribution >= 0.6 is 15.2 Å².